The Morgan fingerprint density at radius 2 is 1.50 bits per heavy atom. The van der Waals surface area contributed by atoms with E-state index in [0.717, 1.165) is 5.56 Å². The maximum Gasteiger partial charge on any atom is 0.203 e. The lowest BCUT2D eigenvalue weighted by Gasteiger charge is -2.29. The minimum absolute atomic E-state index is 0.0626. The monoisotopic (exact) mass is 253 g/mol. The first-order chi connectivity index (χ1) is 8.36. The molecular weight excluding hydrogens is 230 g/mol. The SMILES string of the molecule is COc1ccc(C(N)C(C)(C)C)c(OC)c1OC. The fraction of sp³-hybridized carbons (Fsp3) is 0.571. The first-order valence-corrected chi connectivity index (χ1v) is 5.91. The molecule has 0 spiro atoms. The van der Waals surface area contributed by atoms with Crippen molar-refractivity contribution in [1.29, 1.82) is 0 Å². The summed E-state index contributed by atoms with van der Waals surface area (Å²) in [5.74, 6) is 1.86. The van der Waals surface area contributed by atoms with Crippen LogP contribution in [0.5, 0.6) is 17.2 Å². The van der Waals surface area contributed by atoms with Crippen molar-refractivity contribution in [1.82, 2.24) is 0 Å². The Morgan fingerprint density at radius 3 is 1.89 bits per heavy atom. The molecule has 0 saturated heterocycles. The van der Waals surface area contributed by atoms with E-state index in [1.54, 1.807) is 21.3 Å². The summed E-state index contributed by atoms with van der Waals surface area (Å²) in [4.78, 5) is 0. The molecule has 0 aliphatic rings. The molecule has 0 aliphatic heterocycles. The van der Waals surface area contributed by atoms with Gasteiger partial charge < -0.3 is 19.9 Å². The average molecular weight is 253 g/mol. The highest BCUT2D eigenvalue weighted by molar-refractivity contribution is 5.56. The van der Waals surface area contributed by atoms with Crippen molar-refractivity contribution in [3.05, 3.63) is 17.7 Å². The highest BCUT2D eigenvalue weighted by Gasteiger charge is 2.27. The van der Waals surface area contributed by atoms with Gasteiger partial charge in [-0.1, -0.05) is 20.8 Å². The second kappa shape index (κ2) is 5.48. The van der Waals surface area contributed by atoms with Gasteiger partial charge in [-0.05, 0) is 17.5 Å². The zero-order valence-corrected chi connectivity index (χ0v) is 12.0. The Balaban J connectivity index is 3.38. The zero-order chi connectivity index (χ0) is 13.9. The molecule has 0 saturated carbocycles. The van der Waals surface area contributed by atoms with E-state index in [-0.39, 0.29) is 11.5 Å². The van der Waals surface area contributed by atoms with Gasteiger partial charge in [0.25, 0.3) is 0 Å². The van der Waals surface area contributed by atoms with Crippen molar-refractivity contribution < 1.29 is 14.2 Å². The Hall–Kier alpha value is -1.42. The first-order valence-electron chi connectivity index (χ1n) is 5.91. The minimum Gasteiger partial charge on any atom is -0.493 e. The van der Waals surface area contributed by atoms with Crippen molar-refractivity contribution in [3.8, 4) is 17.2 Å². The first kappa shape index (κ1) is 14.6. The molecule has 0 radical (unpaired) electrons. The molecule has 1 unspecified atom stereocenters. The van der Waals surface area contributed by atoms with Crippen LogP contribution >= 0.6 is 0 Å². The Morgan fingerprint density at radius 1 is 0.944 bits per heavy atom. The van der Waals surface area contributed by atoms with Crippen LogP contribution in [0.3, 0.4) is 0 Å². The largest absolute Gasteiger partial charge is 0.493 e. The van der Waals surface area contributed by atoms with Crippen LogP contribution in [0.1, 0.15) is 32.4 Å². The molecule has 1 aromatic rings. The second-order valence-electron chi connectivity index (χ2n) is 5.27. The van der Waals surface area contributed by atoms with Gasteiger partial charge in [0.05, 0.1) is 21.3 Å². The van der Waals surface area contributed by atoms with Gasteiger partial charge in [0, 0.05) is 11.6 Å². The molecule has 2 N–H and O–H groups in total. The van der Waals surface area contributed by atoms with Crippen molar-refractivity contribution in [2.45, 2.75) is 26.8 Å². The smallest absolute Gasteiger partial charge is 0.203 e. The highest BCUT2D eigenvalue weighted by Crippen LogP contribution is 2.44. The number of hydrogen-bond donors (Lipinski definition) is 1. The molecule has 0 bridgehead atoms. The molecule has 0 heterocycles. The maximum atomic E-state index is 6.29. The van der Waals surface area contributed by atoms with Gasteiger partial charge in [-0.15, -0.1) is 0 Å². The fourth-order valence-corrected chi connectivity index (χ4v) is 1.84. The van der Waals surface area contributed by atoms with Crippen LogP contribution < -0.4 is 19.9 Å². The topological polar surface area (TPSA) is 53.7 Å². The van der Waals surface area contributed by atoms with Crippen molar-refractivity contribution in [2.24, 2.45) is 11.1 Å². The molecule has 0 aliphatic carbocycles. The molecule has 1 rings (SSSR count). The van der Waals surface area contributed by atoms with Gasteiger partial charge in [0.2, 0.25) is 5.75 Å². The summed E-state index contributed by atoms with van der Waals surface area (Å²) in [6.07, 6.45) is 0. The van der Waals surface area contributed by atoms with Crippen molar-refractivity contribution in [3.63, 3.8) is 0 Å². The van der Waals surface area contributed by atoms with Crippen LogP contribution in [0, 0.1) is 5.41 Å². The van der Waals surface area contributed by atoms with Gasteiger partial charge >= 0.3 is 0 Å². The third kappa shape index (κ3) is 2.70. The number of rotatable bonds is 4. The second-order valence-corrected chi connectivity index (χ2v) is 5.27. The average Bonchev–Trinajstić information content (AvgIpc) is 2.34. The molecule has 0 fully saturated rings. The maximum absolute atomic E-state index is 6.29. The molecule has 0 amide bonds. The van der Waals surface area contributed by atoms with Gasteiger partial charge in [-0.3, -0.25) is 0 Å². The van der Waals surface area contributed by atoms with E-state index in [1.807, 2.05) is 12.1 Å². The molecule has 18 heavy (non-hydrogen) atoms. The van der Waals surface area contributed by atoms with Gasteiger partial charge in [-0.2, -0.15) is 0 Å². The van der Waals surface area contributed by atoms with Crippen LogP contribution in [-0.4, -0.2) is 21.3 Å². The number of methoxy groups -OCH3 is 3. The van der Waals surface area contributed by atoms with Gasteiger partial charge in [0.15, 0.2) is 11.5 Å². The highest BCUT2D eigenvalue weighted by atomic mass is 16.5. The van der Waals surface area contributed by atoms with Crippen LogP contribution in [0.4, 0.5) is 0 Å². The van der Waals surface area contributed by atoms with Gasteiger partial charge in [-0.25, -0.2) is 0 Å². The lowest BCUT2D eigenvalue weighted by molar-refractivity contribution is 0.296. The quantitative estimate of drug-likeness (QED) is 0.896. The van der Waals surface area contributed by atoms with Crippen LogP contribution in [0.25, 0.3) is 0 Å². The number of hydrogen-bond acceptors (Lipinski definition) is 4. The van der Waals surface area contributed by atoms with E-state index in [0.29, 0.717) is 17.2 Å². The third-order valence-electron chi connectivity index (χ3n) is 3.00. The summed E-state index contributed by atoms with van der Waals surface area (Å²) in [5.41, 5.74) is 7.14. The molecule has 4 heteroatoms. The van der Waals surface area contributed by atoms with Crippen LogP contribution in [-0.2, 0) is 0 Å². The van der Waals surface area contributed by atoms with E-state index in [9.17, 15) is 0 Å². The molecule has 4 nitrogen and oxygen atoms in total. The molecule has 0 aromatic heterocycles. The Labute approximate surface area is 109 Å². The lowest BCUT2D eigenvalue weighted by atomic mass is 9.82. The third-order valence-corrected chi connectivity index (χ3v) is 3.00. The summed E-state index contributed by atoms with van der Waals surface area (Å²) in [6.45, 7) is 6.27. The van der Waals surface area contributed by atoms with E-state index in [1.165, 1.54) is 0 Å². The summed E-state index contributed by atoms with van der Waals surface area (Å²) < 4.78 is 16.1. The van der Waals surface area contributed by atoms with Crippen molar-refractivity contribution >= 4 is 0 Å². The number of nitrogens with two attached hydrogens (primary N) is 1. The van der Waals surface area contributed by atoms with E-state index in [2.05, 4.69) is 20.8 Å². The normalized spacial score (nSPS) is 13.1. The fourth-order valence-electron chi connectivity index (χ4n) is 1.84. The Kier molecular flexibility index (Phi) is 4.46. The summed E-state index contributed by atoms with van der Waals surface area (Å²) in [5, 5.41) is 0. The molecule has 1 atom stereocenters. The standard InChI is InChI=1S/C14H23NO3/c1-14(2,3)13(15)9-7-8-10(16-4)12(18-6)11(9)17-5/h7-8,13H,15H2,1-6H3. The predicted octanol–water partition coefficient (Wildman–Crippen LogP) is 2.76. The molecule has 102 valence electrons. The predicted molar refractivity (Wildman–Crippen MR) is 72.5 cm³/mol. The Bertz CT molecular complexity index is 410. The summed E-state index contributed by atoms with van der Waals surface area (Å²) in [6, 6.07) is 3.63. The van der Waals surface area contributed by atoms with Gasteiger partial charge in [0.1, 0.15) is 0 Å². The van der Waals surface area contributed by atoms with Crippen LogP contribution in [0.2, 0.25) is 0 Å². The summed E-state index contributed by atoms with van der Waals surface area (Å²) >= 11 is 0. The molecular formula is C14H23NO3. The van der Waals surface area contributed by atoms with Crippen molar-refractivity contribution in [2.75, 3.05) is 21.3 Å². The van der Waals surface area contributed by atoms with E-state index < -0.39 is 0 Å². The van der Waals surface area contributed by atoms with E-state index >= 15 is 0 Å². The van der Waals surface area contributed by atoms with E-state index in [4.69, 9.17) is 19.9 Å². The lowest BCUT2D eigenvalue weighted by Crippen LogP contribution is -2.26. The summed E-state index contributed by atoms with van der Waals surface area (Å²) in [7, 11) is 4.80. The van der Waals surface area contributed by atoms with Crippen LogP contribution in [0.15, 0.2) is 12.1 Å². The minimum atomic E-state index is -0.146. The number of benzene rings is 1. The number of ether oxygens (including phenoxy) is 3. The zero-order valence-electron chi connectivity index (χ0n) is 12.0. The molecule has 1 aromatic carbocycles.